The molecule has 0 aliphatic carbocycles. The fraction of sp³-hybridized carbons (Fsp3) is 0.238. The zero-order valence-corrected chi connectivity index (χ0v) is 18.1. The Morgan fingerprint density at radius 2 is 1.88 bits per heavy atom. The summed E-state index contributed by atoms with van der Waals surface area (Å²) in [5.41, 5.74) is 0.742. The van der Waals surface area contributed by atoms with Crippen molar-refractivity contribution in [2.24, 2.45) is 0 Å². The highest BCUT2D eigenvalue weighted by Gasteiger charge is 2.39. The summed E-state index contributed by atoms with van der Waals surface area (Å²) in [5.74, 6) is -2.98. The SMILES string of the molecule is CS(=O)(=O)c1ccc(C(=O)NC(=O)c2ccc3c(c2)C(=O)N(C2CCC(=O)NC2=O)C3)nc1. The Bertz CT molecular complexity index is 1320. The summed E-state index contributed by atoms with van der Waals surface area (Å²) in [5, 5.41) is 4.37. The number of carbonyl (C=O) groups excluding carboxylic acids is 5. The van der Waals surface area contributed by atoms with Crippen LogP contribution in [0.3, 0.4) is 0 Å². The van der Waals surface area contributed by atoms with Gasteiger partial charge in [0.1, 0.15) is 11.7 Å². The molecule has 2 aliphatic rings. The molecule has 1 atom stereocenters. The molecule has 2 aromatic rings. The van der Waals surface area contributed by atoms with Gasteiger partial charge in [-0.1, -0.05) is 6.07 Å². The van der Waals surface area contributed by atoms with Crippen LogP contribution in [0.1, 0.15) is 49.6 Å². The Morgan fingerprint density at radius 3 is 2.52 bits per heavy atom. The number of fused-ring (bicyclic) bond motifs is 1. The number of benzene rings is 1. The van der Waals surface area contributed by atoms with Crippen molar-refractivity contribution in [2.45, 2.75) is 30.3 Å². The third kappa shape index (κ3) is 4.37. The molecule has 1 saturated heterocycles. The van der Waals surface area contributed by atoms with Crippen molar-refractivity contribution in [3.8, 4) is 0 Å². The first-order chi connectivity index (χ1) is 15.5. The van der Waals surface area contributed by atoms with Gasteiger partial charge in [0.15, 0.2) is 9.84 Å². The maximum atomic E-state index is 12.9. The molecular formula is C21H18N4O7S. The molecular weight excluding hydrogens is 452 g/mol. The van der Waals surface area contributed by atoms with E-state index in [1.54, 1.807) is 6.07 Å². The number of pyridine rings is 1. The second-order valence-corrected chi connectivity index (χ2v) is 9.72. The predicted molar refractivity (Wildman–Crippen MR) is 112 cm³/mol. The van der Waals surface area contributed by atoms with Crippen molar-refractivity contribution in [2.75, 3.05) is 6.26 Å². The van der Waals surface area contributed by atoms with E-state index < -0.39 is 39.5 Å². The molecule has 1 fully saturated rings. The van der Waals surface area contributed by atoms with Gasteiger partial charge in [0, 0.05) is 36.5 Å². The largest absolute Gasteiger partial charge is 0.322 e. The lowest BCUT2D eigenvalue weighted by Gasteiger charge is -2.29. The van der Waals surface area contributed by atoms with Gasteiger partial charge in [-0.05, 0) is 36.2 Å². The van der Waals surface area contributed by atoms with E-state index in [-0.39, 0.29) is 47.0 Å². The number of nitrogens with one attached hydrogen (secondary N) is 2. The van der Waals surface area contributed by atoms with Gasteiger partial charge < -0.3 is 4.90 Å². The van der Waals surface area contributed by atoms with Crippen LogP contribution >= 0.6 is 0 Å². The van der Waals surface area contributed by atoms with Crippen LogP contribution in [0.25, 0.3) is 0 Å². The highest BCUT2D eigenvalue weighted by molar-refractivity contribution is 7.90. The van der Waals surface area contributed by atoms with E-state index in [9.17, 15) is 32.4 Å². The monoisotopic (exact) mass is 470 g/mol. The van der Waals surface area contributed by atoms with Crippen molar-refractivity contribution >= 4 is 39.4 Å². The maximum Gasteiger partial charge on any atom is 0.276 e. The van der Waals surface area contributed by atoms with Crippen molar-refractivity contribution in [1.29, 1.82) is 0 Å². The number of sulfone groups is 1. The molecule has 0 radical (unpaired) electrons. The Labute approximate surface area is 188 Å². The average Bonchev–Trinajstić information content (AvgIpc) is 3.09. The molecule has 11 nitrogen and oxygen atoms in total. The van der Waals surface area contributed by atoms with E-state index in [0.29, 0.717) is 5.56 Å². The van der Waals surface area contributed by atoms with Gasteiger partial charge in [-0.3, -0.25) is 34.6 Å². The molecule has 170 valence electrons. The summed E-state index contributed by atoms with van der Waals surface area (Å²) in [6.45, 7) is 0.165. The molecule has 0 saturated carbocycles. The van der Waals surface area contributed by atoms with Crippen molar-refractivity contribution in [3.05, 3.63) is 58.9 Å². The molecule has 0 spiro atoms. The number of piperidine rings is 1. The molecule has 1 unspecified atom stereocenters. The van der Waals surface area contributed by atoms with E-state index in [0.717, 1.165) is 12.5 Å². The van der Waals surface area contributed by atoms with E-state index in [4.69, 9.17) is 0 Å². The Balaban J connectivity index is 1.47. The fourth-order valence-electron chi connectivity index (χ4n) is 3.67. The molecule has 3 heterocycles. The fourth-order valence-corrected chi connectivity index (χ4v) is 4.23. The molecule has 33 heavy (non-hydrogen) atoms. The second kappa shape index (κ2) is 8.20. The van der Waals surface area contributed by atoms with Gasteiger partial charge in [0.05, 0.1) is 4.90 Å². The first-order valence-electron chi connectivity index (χ1n) is 9.84. The normalized spacial score (nSPS) is 18.0. The number of nitrogens with zero attached hydrogens (tertiary/aromatic N) is 2. The molecule has 12 heteroatoms. The zero-order valence-electron chi connectivity index (χ0n) is 17.3. The lowest BCUT2D eigenvalue weighted by molar-refractivity contribution is -0.136. The van der Waals surface area contributed by atoms with Crippen LogP contribution < -0.4 is 10.6 Å². The summed E-state index contributed by atoms with van der Waals surface area (Å²) in [6.07, 6.45) is 2.37. The van der Waals surface area contributed by atoms with Gasteiger partial charge in [-0.2, -0.15) is 0 Å². The number of imide groups is 2. The summed E-state index contributed by atoms with van der Waals surface area (Å²) < 4.78 is 23.0. The van der Waals surface area contributed by atoms with Crippen molar-refractivity contribution in [3.63, 3.8) is 0 Å². The quantitative estimate of drug-likeness (QED) is 0.582. The van der Waals surface area contributed by atoms with Crippen LogP contribution in [0.5, 0.6) is 0 Å². The van der Waals surface area contributed by atoms with Gasteiger partial charge in [0.2, 0.25) is 11.8 Å². The predicted octanol–water partition coefficient (Wildman–Crippen LogP) is -0.184. The second-order valence-electron chi connectivity index (χ2n) is 7.71. The van der Waals surface area contributed by atoms with Crippen LogP contribution in [-0.4, -0.2) is 60.1 Å². The maximum absolute atomic E-state index is 12.9. The van der Waals surface area contributed by atoms with E-state index in [1.807, 2.05) is 0 Å². The topological polar surface area (TPSA) is 160 Å². The van der Waals surface area contributed by atoms with E-state index in [2.05, 4.69) is 15.6 Å². The van der Waals surface area contributed by atoms with E-state index >= 15 is 0 Å². The van der Waals surface area contributed by atoms with Crippen LogP contribution in [0, 0.1) is 0 Å². The smallest absolute Gasteiger partial charge is 0.276 e. The zero-order chi connectivity index (χ0) is 23.9. The number of amides is 5. The number of hydrogen-bond acceptors (Lipinski definition) is 8. The summed E-state index contributed by atoms with van der Waals surface area (Å²) in [4.78, 5) is 66.3. The van der Waals surface area contributed by atoms with Crippen molar-refractivity contribution < 1.29 is 32.4 Å². The summed E-state index contributed by atoms with van der Waals surface area (Å²) in [6, 6.07) is 5.97. The molecule has 2 N–H and O–H groups in total. The first kappa shape index (κ1) is 22.3. The number of rotatable bonds is 4. The van der Waals surface area contributed by atoms with Crippen LogP contribution in [-0.2, 0) is 26.0 Å². The Kier molecular flexibility index (Phi) is 5.54. The minimum atomic E-state index is -3.48. The van der Waals surface area contributed by atoms with Crippen LogP contribution in [0.4, 0.5) is 0 Å². The van der Waals surface area contributed by atoms with Gasteiger partial charge >= 0.3 is 0 Å². The molecule has 1 aromatic heterocycles. The number of carbonyl (C=O) groups is 5. The average molecular weight is 470 g/mol. The minimum absolute atomic E-state index is 0.0494. The summed E-state index contributed by atoms with van der Waals surface area (Å²) in [7, 11) is -3.48. The van der Waals surface area contributed by atoms with Crippen molar-refractivity contribution in [1.82, 2.24) is 20.5 Å². The van der Waals surface area contributed by atoms with E-state index in [1.165, 1.54) is 29.2 Å². The third-order valence-corrected chi connectivity index (χ3v) is 6.51. The molecule has 0 bridgehead atoms. The number of hydrogen-bond donors (Lipinski definition) is 2. The highest BCUT2D eigenvalue weighted by atomic mass is 32.2. The van der Waals surface area contributed by atoms with Crippen LogP contribution in [0.15, 0.2) is 41.4 Å². The Hall–Kier alpha value is -3.93. The Morgan fingerprint density at radius 1 is 1.12 bits per heavy atom. The van der Waals surface area contributed by atoms with Gasteiger partial charge in [0.25, 0.3) is 17.7 Å². The lowest BCUT2D eigenvalue weighted by atomic mass is 10.0. The highest BCUT2D eigenvalue weighted by Crippen LogP contribution is 2.28. The standard InChI is InChI=1S/C21H18N4O7S/c1-33(31,32)13-4-5-15(22-9-13)19(28)24-18(27)11-2-3-12-10-25(21(30)14(12)8-11)16-6-7-17(26)23-20(16)29/h2-5,8-9,16H,6-7,10H2,1H3,(H,23,26,29)(H,24,27,28). The molecule has 4 rings (SSSR count). The first-order valence-corrected chi connectivity index (χ1v) is 11.7. The van der Waals surface area contributed by atoms with Gasteiger partial charge in [-0.25, -0.2) is 13.4 Å². The summed E-state index contributed by atoms with van der Waals surface area (Å²) >= 11 is 0. The minimum Gasteiger partial charge on any atom is -0.322 e. The lowest BCUT2D eigenvalue weighted by Crippen LogP contribution is -2.52. The third-order valence-electron chi connectivity index (χ3n) is 5.41. The molecule has 5 amide bonds. The molecule has 2 aliphatic heterocycles. The van der Waals surface area contributed by atoms with Crippen LogP contribution in [0.2, 0.25) is 0 Å². The number of aromatic nitrogens is 1. The van der Waals surface area contributed by atoms with Gasteiger partial charge in [-0.15, -0.1) is 0 Å². The molecule has 1 aromatic carbocycles.